The number of nitrogen functional groups attached to an aromatic ring is 1. The third-order valence-corrected chi connectivity index (χ3v) is 23.5. The molecule has 37 heteroatoms. The number of nitrogens with one attached hydrogen (secondary N) is 2. The summed E-state index contributed by atoms with van der Waals surface area (Å²) >= 11 is 0. The second kappa shape index (κ2) is 31.7. The number of Topliss-reactive ketones (excluding diaryl/α,β-unsaturated/α-hetero) is 2. The van der Waals surface area contributed by atoms with Gasteiger partial charge in [-0.3, -0.25) is 30.2 Å². The predicted octanol–water partition coefficient (Wildman–Crippen LogP) is 6.58. The van der Waals surface area contributed by atoms with E-state index < -0.39 is 126 Å². The first-order valence-corrected chi connectivity index (χ1v) is 34.9. The molecule has 548 valence electrons. The second-order valence-corrected chi connectivity index (χ2v) is 32.1. The minimum Gasteiger partial charge on any atom is -0.444 e. The number of alkyl carbamates (subject to hydrolysis) is 2. The van der Waals surface area contributed by atoms with Gasteiger partial charge in [-0.15, -0.1) is 0 Å². The zero-order valence-corrected chi connectivity index (χ0v) is 63.3. The van der Waals surface area contributed by atoms with Crippen LogP contribution in [0.25, 0.3) is 0 Å². The van der Waals surface area contributed by atoms with Crippen molar-refractivity contribution in [3.05, 3.63) is 160 Å². The van der Waals surface area contributed by atoms with Gasteiger partial charge in [-0.1, -0.05) is 19.6 Å². The van der Waals surface area contributed by atoms with Crippen LogP contribution in [0.5, 0.6) is 0 Å². The quantitative estimate of drug-likeness (QED) is 0.0687. The van der Waals surface area contributed by atoms with Gasteiger partial charge in [-0.05, 0) is 139 Å². The molecule has 5 aromatic rings. The van der Waals surface area contributed by atoms with Gasteiger partial charge < -0.3 is 35.2 Å². The van der Waals surface area contributed by atoms with Crippen LogP contribution in [0, 0.1) is 60.2 Å². The number of aliphatic imine (C=N–C) groups is 3. The number of anilines is 1. The van der Waals surface area contributed by atoms with Gasteiger partial charge in [0, 0.05) is 107 Å². The molecule has 0 bridgehead atoms. The Bertz CT molecular complexity index is 4410. The van der Waals surface area contributed by atoms with Crippen LogP contribution in [-0.2, 0) is 83.2 Å². The maximum Gasteiger partial charge on any atom is 0.414 e. The Morgan fingerprint density at radius 2 is 0.871 bits per heavy atom. The molecule has 2 aromatic heterocycles. The fourth-order valence-electron chi connectivity index (χ4n) is 12.0. The third-order valence-electron chi connectivity index (χ3n) is 16.6. The van der Waals surface area contributed by atoms with E-state index in [1.807, 2.05) is 0 Å². The van der Waals surface area contributed by atoms with Gasteiger partial charge in [0.15, 0.2) is 11.6 Å². The Balaban J connectivity index is 0.000000237. The van der Waals surface area contributed by atoms with Gasteiger partial charge in [0.2, 0.25) is 47.9 Å². The average molecular weight is 1720 g/mol. The largest absolute Gasteiger partial charge is 0.444 e. The first-order valence-electron chi connectivity index (χ1n) is 30.4. The molecule has 6 atom stereocenters. The predicted molar refractivity (Wildman–Crippen MR) is 363 cm³/mol. The number of fused-ring (bicyclic) bond motifs is 3. The van der Waals surface area contributed by atoms with E-state index in [4.69, 9.17) is 35.2 Å². The summed E-state index contributed by atoms with van der Waals surface area (Å²) in [5.41, 5.74) is 6.17. The number of aromatic nitrogens is 2. The summed E-state index contributed by atoms with van der Waals surface area (Å²) in [6.45, 7) is 9.81. The number of hydrogen-bond acceptors (Lipinski definition) is 22. The molecule has 11 rings (SSSR count). The molecular weight excluding hydrogens is 1640 g/mol. The van der Waals surface area contributed by atoms with Crippen molar-refractivity contribution in [1.82, 2.24) is 33.5 Å². The minimum atomic E-state index is -4.13. The number of pyridine rings is 2. The number of rotatable bonds is 9. The van der Waals surface area contributed by atoms with Gasteiger partial charge in [0.05, 0.1) is 32.2 Å². The van der Waals surface area contributed by atoms with Gasteiger partial charge in [0.1, 0.15) is 84.0 Å². The number of benzene rings is 3. The maximum atomic E-state index is 15.4. The number of amides is 2. The van der Waals surface area contributed by atoms with E-state index in [0.29, 0.717) is 11.1 Å². The van der Waals surface area contributed by atoms with E-state index in [2.05, 4.69) is 35.6 Å². The molecule has 3 fully saturated rings. The van der Waals surface area contributed by atoms with E-state index in [9.17, 15) is 62.0 Å². The first-order chi connectivity index (χ1) is 45.7. The molecule has 0 saturated carbocycles. The molecule has 6 aliphatic heterocycles. The monoisotopic (exact) mass is 1720 g/mol. The molecule has 2 amide bonds. The molecule has 3 aromatic carbocycles. The number of hydrogen-bond donors (Lipinski definition) is 4. The first kappa shape index (κ1) is 82.6. The molecule has 0 spiro atoms. The Morgan fingerprint density at radius 1 is 0.535 bits per heavy atom. The van der Waals surface area contributed by atoms with Gasteiger partial charge in [-0.2, -0.15) is 13.5 Å². The summed E-state index contributed by atoms with van der Waals surface area (Å²) in [7, 11) is -8.20. The van der Waals surface area contributed by atoms with Gasteiger partial charge in [0.25, 0.3) is 0 Å². The standard InChI is InChI=1S/C25H28F2N4O6S.C20H20F2N4O4S.C18H25FN4O5S.CH4.H2S.U/c1-24(2,3)37-23(33)29-22-30-25(14-36-10-9-21(25)38(34,35)31(22)4)17-11-15(5-7-18(17)27)12-20(32)19-8-6-16(26)13-28-19;1-26-19(23)25-20(11-30-7-6-18(20)31(26,28)29)14-8-12(2-4-15(14)22)9-17(27)16-5-3-13(21)10-24-16;1-17(2,3)28-16(24)21-15-22-18(12-9-11(20)5-6-13(12)19)10-27-8-7-14(18)29(25,26)23(15)4;;;/h5-8,11,13,21H,9-10,12,14H2,1-4H3,(H,29,30,33);2-5,8,10,18H,6-7,9,11H2,1H3,(H2,23,25);5-6,9,14H,7-8,10,20H2,1-4H3,(H,21,22,24);1H4;1H2;/t21?,25-;18?,20-;14?,18-;;;/m111.../s1. The fourth-order valence-corrected chi connectivity index (χ4v) is 17.5. The smallest absolute Gasteiger partial charge is 0.414 e. The molecular formula is C64H79F5N12O15S4U. The zero-order chi connectivity index (χ0) is 71.9. The minimum absolute atomic E-state index is 0. The number of nitrogens with two attached hydrogens (primary N) is 2. The van der Waals surface area contributed by atoms with Crippen LogP contribution in [0.15, 0.2) is 106 Å². The van der Waals surface area contributed by atoms with E-state index in [1.54, 1.807) is 41.5 Å². The summed E-state index contributed by atoms with van der Waals surface area (Å²) in [4.78, 5) is 70.9. The molecule has 0 radical (unpaired) electrons. The number of ether oxygens (including phenoxy) is 5. The van der Waals surface area contributed by atoms with Crippen LogP contribution in [-0.4, -0.2) is 178 Å². The maximum absolute atomic E-state index is 15.4. The topological polar surface area (TPSA) is 366 Å². The summed E-state index contributed by atoms with van der Waals surface area (Å²) in [5, 5.41) is 1.40. The normalized spacial score (nSPS) is 23.8. The van der Waals surface area contributed by atoms with Gasteiger partial charge in [-0.25, -0.2) is 84.7 Å². The number of carbonyl (C=O) groups is 4. The summed E-state index contributed by atoms with van der Waals surface area (Å²) in [6.07, 6.45) is -0.0386. The zero-order valence-electron chi connectivity index (χ0n) is 55.6. The van der Waals surface area contributed by atoms with Crippen molar-refractivity contribution in [2.45, 2.75) is 125 Å². The molecule has 3 saturated heterocycles. The van der Waals surface area contributed by atoms with E-state index in [1.165, 1.54) is 69.7 Å². The van der Waals surface area contributed by atoms with Crippen molar-refractivity contribution in [3.8, 4) is 0 Å². The average Bonchev–Trinajstić information content (AvgIpc) is 0.730. The molecule has 27 nitrogen and oxygen atoms in total. The van der Waals surface area contributed by atoms with Crippen molar-refractivity contribution >= 4 is 90.9 Å². The molecule has 3 unspecified atom stereocenters. The van der Waals surface area contributed by atoms with Crippen molar-refractivity contribution in [3.63, 3.8) is 0 Å². The van der Waals surface area contributed by atoms with E-state index in [0.717, 1.165) is 55.6 Å². The van der Waals surface area contributed by atoms with Crippen molar-refractivity contribution in [2.75, 3.05) is 66.5 Å². The van der Waals surface area contributed by atoms with E-state index in [-0.39, 0.29) is 175 Å². The van der Waals surface area contributed by atoms with Crippen LogP contribution in [0.3, 0.4) is 0 Å². The van der Waals surface area contributed by atoms with Crippen molar-refractivity contribution < 1.29 is 121 Å². The van der Waals surface area contributed by atoms with E-state index >= 15 is 4.39 Å². The molecule has 6 N–H and O–H groups in total. The second-order valence-electron chi connectivity index (χ2n) is 25.7. The number of halogens is 5. The number of carbonyl (C=O) groups excluding carboxylic acids is 4. The molecule has 101 heavy (non-hydrogen) atoms. The van der Waals surface area contributed by atoms with Crippen LogP contribution in [0.1, 0.15) is 117 Å². The Morgan fingerprint density at radius 3 is 1.22 bits per heavy atom. The summed E-state index contributed by atoms with van der Waals surface area (Å²) in [6, 6.07) is 16.5. The fraction of sp³-hybridized carbons (Fsp3) is 0.453. The summed E-state index contributed by atoms with van der Waals surface area (Å²) in [5.74, 6) is -4.98. The number of nitrogens with zero attached hydrogens (tertiary/aromatic N) is 8. The van der Waals surface area contributed by atoms with Crippen LogP contribution >= 0.6 is 13.5 Å². The van der Waals surface area contributed by atoms with Crippen molar-refractivity contribution in [2.24, 2.45) is 20.7 Å². The molecule has 0 aliphatic carbocycles. The van der Waals surface area contributed by atoms with Crippen LogP contribution in [0.2, 0.25) is 0 Å². The number of ketones is 2. The summed E-state index contributed by atoms with van der Waals surface area (Å²) < 4.78 is 181. The molecule has 8 heterocycles. The molecule has 6 aliphatic rings. The van der Waals surface area contributed by atoms with Crippen LogP contribution < -0.4 is 22.1 Å². The van der Waals surface area contributed by atoms with Crippen molar-refractivity contribution in [1.29, 1.82) is 0 Å². The Kier molecular flexibility index (Phi) is 25.9. The Labute approximate surface area is 612 Å². The third kappa shape index (κ3) is 17.5. The SMILES string of the molecule is C.CN1C(N)=N[C@@]2(c3cc(CC(=O)c4ccc(F)cn4)ccc3F)COCCC2S1(=O)=O.CN1C(NC(=O)OC(C)(C)C)=N[C@@]2(c3cc(CC(=O)c4ccc(F)cn4)ccc3F)COCCC2S1(=O)=O.CN1C(NC(=O)OC(C)(C)C)=N[C@@]2(c3cc(N)ccc3F)COCCC2S1(=O)=O.S.[U]. The number of guanidine groups is 3. The number of sulfonamides is 3. The Hall–Kier alpha value is -7.37. The van der Waals surface area contributed by atoms with Crippen LogP contribution in [0.4, 0.5) is 37.2 Å². The van der Waals surface area contributed by atoms with Gasteiger partial charge >= 0.3 is 12.2 Å².